The summed E-state index contributed by atoms with van der Waals surface area (Å²) in [6, 6.07) is 15.4. The van der Waals surface area contributed by atoms with Gasteiger partial charge in [0.2, 0.25) is 0 Å². The Labute approximate surface area is 199 Å². The molecular formula is C26H22F3N3OS. The minimum Gasteiger partial charge on any atom is -0.435 e. The van der Waals surface area contributed by atoms with Crippen molar-refractivity contribution in [3.05, 3.63) is 84.1 Å². The summed E-state index contributed by atoms with van der Waals surface area (Å²) in [5, 5.41) is 0. The lowest BCUT2D eigenvalue weighted by Crippen LogP contribution is -2.31. The van der Waals surface area contributed by atoms with Crippen LogP contribution < -0.4 is 4.74 Å². The van der Waals surface area contributed by atoms with Crippen molar-refractivity contribution in [2.75, 3.05) is 13.1 Å². The summed E-state index contributed by atoms with van der Waals surface area (Å²) in [5.41, 5.74) is 4.86. The Kier molecular flexibility index (Phi) is 6.34. The smallest absolute Gasteiger partial charge is 0.387 e. The lowest BCUT2D eigenvalue weighted by Gasteiger charge is -2.32. The van der Waals surface area contributed by atoms with Gasteiger partial charge in [0.25, 0.3) is 0 Å². The minimum atomic E-state index is -2.84. The van der Waals surface area contributed by atoms with Gasteiger partial charge in [-0.3, -0.25) is 4.90 Å². The SMILES string of the molecule is C[C@@H](c1cccc(OC(F)F)c1)N1CC=C(c2ncnc3cc(-c4ccc(F)cc4)sc23)CC1. The van der Waals surface area contributed by atoms with Gasteiger partial charge < -0.3 is 4.74 Å². The first-order valence-corrected chi connectivity index (χ1v) is 11.8. The van der Waals surface area contributed by atoms with Gasteiger partial charge in [-0.2, -0.15) is 8.78 Å². The zero-order valence-corrected chi connectivity index (χ0v) is 19.2. The molecule has 0 saturated carbocycles. The van der Waals surface area contributed by atoms with E-state index in [1.807, 2.05) is 12.1 Å². The van der Waals surface area contributed by atoms with Crippen molar-refractivity contribution in [2.45, 2.75) is 26.0 Å². The van der Waals surface area contributed by atoms with Crippen molar-refractivity contribution in [3.8, 4) is 16.2 Å². The van der Waals surface area contributed by atoms with Crippen LogP contribution in [0.15, 0.2) is 67.0 Å². The zero-order valence-electron chi connectivity index (χ0n) is 18.4. The molecule has 2 aromatic heterocycles. The van der Waals surface area contributed by atoms with E-state index in [4.69, 9.17) is 0 Å². The van der Waals surface area contributed by atoms with E-state index < -0.39 is 6.61 Å². The van der Waals surface area contributed by atoms with Crippen LogP contribution in [0.4, 0.5) is 13.2 Å². The molecule has 8 heteroatoms. The van der Waals surface area contributed by atoms with Crippen molar-refractivity contribution in [1.29, 1.82) is 0 Å². The predicted molar refractivity (Wildman–Crippen MR) is 128 cm³/mol. The molecule has 0 unspecified atom stereocenters. The van der Waals surface area contributed by atoms with Gasteiger partial charge in [0.1, 0.15) is 17.9 Å². The number of aromatic nitrogens is 2. The van der Waals surface area contributed by atoms with E-state index in [0.29, 0.717) is 0 Å². The molecule has 0 fully saturated rings. The van der Waals surface area contributed by atoms with E-state index in [1.54, 1.807) is 41.9 Å². The Bertz CT molecular complexity index is 1340. The van der Waals surface area contributed by atoms with Crippen LogP contribution in [-0.4, -0.2) is 34.6 Å². The van der Waals surface area contributed by atoms with E-state index in [-0.39, 0.29) is 17.6 Å². The van der Waals surface area contributed by atoms with E-state index in [9.17, 15) is 13.2 Å². The van der Waals surface area contributed by atoms with E-state index in [0.717, 1.165) is 57.0 Å². The van der Waals surface area contributed by atoms with Crippen LogP contribution in [0.1, 0.15) is 30.6 Å². The summed E-state index contributed by atoms with van der Waals surface area (Å²) >= 11 is 1.61. The third kappa shape index (κ3) is 4.69. The first-order chi connectivity index (χ1) is 16.5. The number of fused-ring (bicyclic) bond motifs is 1. The van der Waals surface area contributed by atoms with Crippen molar-refractivity contribution in [1.82, 2.24) is 14.9 Å². The topological polar surface area (TPSA) is 38.2 Å². The fraction of sp³-hybridized carbons (Fsp3) is 0.231. The van der Waals surface area contributed by atoms with Gasteiger partial charge in [-0.15, -0.1) is 11.3 Å². The first-order valence-electron chi connectivity index (χ1n) is 11.0. The summed E-state index contributed by atoms with van der Waals surface area (Å²) < 4.78 is 44.0. The van der Waals surface area contributed by atoms with Crippen LogP contribution in [0, 0.1) is 5.82 Å². The first kappa shape index (κ1) is 22.6. The largest absolute Gasteiger partial charge is 0.435 e. The molecule has 174 valence electrons. The van der Waals surface area contributed by atoms with E-state index >= 15 is 0 Å². The van der Waals surface area contributed by atoms with Gasteiger partial charge in [0, 0.05) is 24.0 Å². The van der Waals surface area contributed by atoms with Crippen LogP contribution in [0.3, 0.4) is 0 Å². The highest BCUT2D eigenvalue weighted by atomic mass is 32.1. The van der Waals surface area contributed by atoms with Crippen LogP contribution in [0.2, 0.25) is 0 Å². The third-order valence-corrected chi connectivity index (χ3v) is 7.28. The lowest BCUT2D eigenvalue weighted by atomic mass is 10.0. The fourth-order valence-electron chi connectivity index (χ4n) is 4.25. The molecule has 1 atom stereocenters. The van der Waals surface area contributed by atoms with Crippen molar-refractivity contribution >= 4 is 27.1 Å². The molecule has 0 aliphatic carbocycles. The number of ether oxygens (including phenoxy) is 1. The normalized spacial score (nSPS) is 15.5. The monoisotopic (exact) mass is 481 g/mol. The molecule has 2 aromatic carbocycles. The summed E-state index contributed by atoms with van der Waals surface area (Å²) in [6.07, 6.45) is 4.58. The van der Waals surface area contributed by atoms with Crippen LogP contribution in [0.5, 0.6) is 5.75 Å². The molecule has 0 radical (unpaired) electrons. The maximum atomic E-state index is 13.3. The molecule has 4 nitrogen and oxygen atoms in total. The van der Waals surface area contributed by atoms with Gasteiger partial charge in [-0.1, -0.05) is 30.3 Å². The molecule has 0 N–H and O–H groups in total. The number of alkyl halides is 2. The molecular weight excluding hydrogens is 459 g/mol. The average Bonchev–Trinajstić information content (AvgIpc) is 3.28. The molecule has 1 aliphatic rings. The highest BCUT2D eigenvalue weighted by molar-refractivity contribution is 7.22. The van der Waals surface area contributed by atoms with Gasteiger partial charge >= 0.3 is 6.61 Å². The van der Waals surface area contributed by atoms with Gasteiger partial charge in [0.05, 0.1) is 15.9 Å². The molecule has 3 heterocycles. The number of hydrogen-bond acceptors (Lipinski definition) is 5. The van der Waals surface area contributed by atoms with Crippen molar-refractivity contribution in [2.24, 2.45) is 0 Å². The predicted octanol–water partition coefficient (Wildman–Crippen LogP) is 6.95. The van der Waals surface area contributed by atoms with Gasteiger partial charge in [0.15, 0.2) is 0 Å². The zero-order chi connectivity index (χ0) is 23.7. The molecule has 0 amide bonds. The highest BCUT2D eigenvalue weighted by Crippen LogP contribution is 2.37. The minimum absolute atomic E-state index is 0.0521. The van der Waals surface area contributed by atoms with E-state index in [1.165, 1.54) is 18.2 Å². The van der Waals surface area contributed by atoms with Crippen LogP contribution in [0.25, 0.3) is 26.2 Å². The third-order valence-electron chi connectivity index (χ3n) is 6.10. The fourth-order valence-corrected chi connectivity index (χ4v) is 5.39. The van der Waals surface area contributed by atoms with Gasteiger partial charge in [-0.25, -0.2) is 14.4 Å². The van der Waals surface area contributed by atoms with Crippen LogP contribution in [-0.2, 0) is 0 Å². The molecule has 0 bridgehead atoms. The van der Waals surface area contributed by atoms with E-state index in [2.05, 4.69) is 32.6 Å². The quantitative estimate of drug-likeness (QED) is 0.299. The number of halogens is 3. The molecule has 5 rings (SSSR count). The number of thiophene rings is 1. The molecule has 0 saturated heterocycles. The molecule has 1 aliphatic heterocycles. The summed E-state index contributed by atoms with van der Waals surface area (Å²) in [5.74, 6) is -0.0876. The number of nitrogens with zero attached hydrogens (tertiary/aromatic N) is 3. The highest BCUT2D eigenvalue weighted by Gasteiger charge is 2.22. The second-order valence-electron chi connectivity index (χ2n) is 8.16. The summed E-state index contributed by atoms with van der Waals surface area (Å²) in [6.45, 7) is 0.765. The summed E-state index contributed by atoms with van der Waals surface area (Å²) in [7, 11) is 0. The number of hydrogen-bond donors (Lipinski definition) is 0. The Morgan fingerprint density at radius 1 is 1.06 bits per heavy atom. The average molecular weight is 482 g/mol. The number of rotatable bonds is 6. The van der Waals surface area contributed by atoms with Gasteiger partial charge in [-0.05, 0) is 60.4 Å². The maximum absolute atomic E-state index is 13.3. The second-order valence-corrected chi connectivity index (χ2v) is 9.21. The van der Waals surface area contributed by atoms with Crippen molar-refractivity contribution < 1.29 is 17.9 Å². The standard InChI is InChI=1S/C26H22F3N3OS/c1-16(19-3-2-4-21(13-19)33-26(28)29)32-11-9-18(10-12-32)24-25-22(30-15-31-24)14-23(34-25)17-5-7-20(27)8-6-17/h2-9,13-16,26H,10-12H2,1H3/t16-/m0/s1. The molecule has 4 aromatic rings. The lowest BCUT2D eigenvalue weighted by molar-refractivity contribution is -0.0499. The second kappa shape index (κ2) is 9.56. The van der Waals surface area contributed by atoms with Crippen molar-refractivity contribution in [3.63, 3.8) is 0 Å². The molecule has 0 spiro atoms. The molecule has 34 heavy (non-hydrogen) atoms. The Hall–Kier alpha value is -3.23. The maximum Gasteiger partial charge on any atom is 0.387 e. The Balaban J connectivity index is 1.36. The Morgan fingerprint density at radius 2 is 1.88 bits per heavy atom. The van der Waals surface area contributed by atoms with Crippen LogP contribution >= 0.6 is 11.3 Å². The summed E-state index contributed by atoms with van der Waals surface area (Å²) in [4.78, 5) is 12.3. The Morgan fingerprint density at radius 3 is 2.62 bits per heavy atom. The number of benzene rings is 2.